The van der Waals surface area contributed by atoms with E-state index < -0.39 is 23.0 Å². The topological polar surface area (TPSA) is 84.3 Å². The maximum absolute atomic E-state index is 13.8. The predicted molar refractivity (Wildman–Crippen MR) is 188 cm³/mol. The Morgan fingerprint density at radius 3 is 2.35 bits per heavy atom. The molecular formula is C38H26ClFN4O3S. The average Bonchev–Trinajstić information content (AvgIpc) is 3.39. The first-order chi connectivity index (χ1) is 23.2. The van der Waals surface area contributed by atoms with Crippen LogP contribution in [0.4, 0.5) is 4.39 Å². The summed E-state index contributed by atoms with van der Waals surface area (Å²) in [5.41, 5.74) is 7.08. The number of hydrogen-bond acceptors (Lipinski definition) is 5. The van der Waals surface area contributed by atoms with Gasteiger partial charge in [-0.3, -0.25) is 24.4 Å². The molecule has 1 atom stereocenters. The van der Waals surface area contributed by atoms with Crippen LogP contribution in [0, 0.1) is 12.7 Å². The number of aromatic nitrogens is 2. The van der Waals surface area contributed by atoms with Crippen LogP contribution in [0.5, 0.6) is 0 Å². The molecular weight excluding hydrogens is 647 g/mol. The molecule has 1 aromatic heterocycles. The average molecular weight is 673 g/mol. The summed E-state index contributed by atoms with van der Waals surface area (Å²) in [5, 5.41) is 1.59. The first-order valence-corrected chi connectivity index (χ1v) is 16.2. The van der Waals surface area contributed by atoms with Gasteiger partial charge >= 0.3 is 0 Å². The number of rotatable bonds is 6. The van der Waals surface area contributed by atoms with E-state index in [1.807, 2.05) is 43.3 Å². The highest BCUT2D eigenvalue weighted by Crippen LogP contribution is 2.45. The number of fused-ring (bicyclic) bond motifs is 1. The first kappa shape index (κ1) is 31.1. The Morgan fingerprint density at radius 1 is 0.896 bits per heavy atom. The van der Waals surface area contributed by atoms with Crippen LogP contribution in [0.15, 0.2) is 131 Å². The van der Waals surface area contributed by atoms with Gasteiger partial charge in [0.15, 0.2) is 0 Å². The van der Waals surface area contributed by atoms with Crippen molar-refractivity contribution in [3.05, 3.63) is 170 Å². The lowest BCUT2D eigenvalue weighted by Crippen LogP contribution is -2.44. The Bertz CT molecular complexity index is 2290. The molecule has 2 amide bonds. The second-order valence-electron chi connectivity index (χ2n) is 11.2. The summed E-state index contributed by atoms with van der Waals surface area (Å²) in [6.45, 7) is 1.99. The van der Waals surface area contributed by atoms with Gasteiger partial charge in [0.05, 0.1) is 21.5 Å². The number of carbonyl (C=O) groups excluding carboxylic acids is 2. The molecule has 0 saturated carbocycles. The van der Waals surface area contributed by atoms with Gasteiger partial charge in [0.1, 0.15) is 17.0 Å². The van der Waals surface area contributed by atoms with Crippen LogP contribution >= 0.6 is 23.4 Å². The minimum absolute atomic E-state index is 0.241. The standard InChI is InChI=1S/C38H26ClFN4O3S/c1-23-9-11-25(12-10-23)34-41-32-8-3-2-7-31(32)36(46)43(34)30-19-15-26(16-20-30)35(45)42-44-37(47)33(22-24-5-4-6-28(39)21-24)48-38(44)27-13-17-29(40)18-14-27/h2-22,38H,1H3,(H,42,45)/b33-22-. The maximum atomic E-state index is 13.8. The third-order valence-electron chi connectivity index (χ3n) is 7.90. The van der Waals surface area contributed by atoms with Crippen molar-refractivity contribution in [2.75, 3.05) is 0 Å². The molecule has 1 N–H and O–H groups in total. The van der Waals surface area contributed by atoms with E-state index in [1.165, 1.54) is 33.5 Å². The molecule has 1 unspecified atom stereocenters. The van der Waals surface area contributed by atoms with Gasteiger partial charge in [-0.25, -0.2) is 14.4 Å². The van der Waals surface area contributed by atoms with E-state index >= 15 is 0 Å². The fourth-order valence-corrected chi connectivity index (χ4v) is 6.84. The summed E-state index contributed by atoms with van der Waals surface area (Å²) in [7, 11) is 0. The molecule has 1 saturated heterocycles. The second-order valence-corrected chi connectivity index (χ2v) is 12.8. The highest BCUT2D eigenvalue weighted by Gasteiger charge is 2.38. The zero-order chi connectivity index (χ0) is 33.4. The molecule has 10 heteroatoms. The Kier molecular flexibility index (Phi) is 8.39. The van der Waals surface area contributed by atoms with E-state index in [9.17, 15) is 18.8 Å². The van der Waals surface area contributed by atoms with E-state index in [1.54, 1.807) is 78.9 Å². The number of aryl methyl sites for hydroxylation is 1. The molecule has 0 bridgehead atoms. The van der Waals surface area contributed by atoms with E-state index in [-0.39, 0.29) is 11.1 Å². The third-order valence-corrected chi connectivity index (χ3v) is 9.39. The Labute approximate surface area is 284 Å². The normalized spacial score (nSPS) is 15.3. The minimum Gasteiger partial charge on any atom is -0.268 e. The Hall–Kier alpha value is -5.51. The quantitative estimate of drug-likeness (QED) is 0.181. The summed E-state index contributed by atoms with van der Waals surface area (Å²) in [5.74, 6) is -0.897. The number of amides is 2. The fourth-order valence-electron chi connectivity index (χ4n) is 5.45. The number of carbonyl (C=O) groups is 2. The van der Waals surface area contributed by atoms with Crippen molar-refractivity contribution in [3.63, 3.8) is 0 Å². The van der Waals surface area contributed by atoms with Gasteiger partial charge in [0.25, 0.3) is 17.4 Å². The lowest BCUT2D eigenvalue weighted by Gasteiger charge is -2.24. The zero-order valence-electron chi connectivity index (χ0n) is 25.4. The van der Waals surface area contributed by atoms with Crippen molar-refractivity contribution in [1.82, 2.24) is 20.0 Å². The molecule has 7 nitrogen and oxygen atoms in total. The predicted octanol–water partition coefficient (Wildman–Crippen LogP) is 8.11. The van der Waals surface area contributed by atoms with Crippen LogP contribution in [0.3, 0.4) is 0 Å². The van der Waals surface area contributed by atoms with Crippen LogP contribution < -0.4 is 11.0 Å². The molecule has 48 heavy (non-hydrogen) atoms. The number of halogens is 2. The van der Waals surface area contributed by atoms with Gasteiger partial charge in [0, 0.05) is 16.1 Å². The molecule has 0 radical (unpaired) electrons. The number of nitrogens with one attached hydrogen (secondary N) is 1. The van der Waals surface area contributed by atoms with Gasteiger partial charge in [0.2, 0.25) is 0 Å². The van der Waals surface area contributed by atoms with Crippen molar-refractivity contribution in [2.24, 2.45) is 0 Å². The zero-order valence-corrected chi connectivity index (χ0v) is 27.0. The number of nitrogens with zero attached hydrogens (tertiary/aromatic N) is 3. The van der Waals surface area contributed by atoms with Crippen LogP contribution in [-0.4, -0.2) is 26.4 Å². The molecule has 0 aliphatic carbocycles. The number of hydrogen-bond donors (Lipinski definition) is 1. The molecule has 2 heterocycles. The van der Waals surface area contributed by atoms with Crippen LogP contribution in [-0.2, 0) is 4.79 Å². The number of para-hydroxylation sites is 1. The van der Waals surface area contributed by atoms with E-state index in [2.05, 4.69) is 5.43 Å². The molecule has 5 aromatic carbocycles. The van der Waals surface area contributed by atoms with Crippen LogP contribution in [0.25, 0.3) is 34.1 Å². The summed E-state index contributed by atoms with van der Waals surface area (Å²) < 4.78 is 15.3. The Balaban J connectivity index is 1.21. The van der Waals surface area contributed by atoms with Crippen LogP contribution in [0.2, 0.25) is 5.02 Å². The van der Waals surface area contributed by atoms with Crippen molar-refractivity contribution >= 4 is 52.2 Å². The van der Waals surface area contributed by atoms with Crippen molar-refractivity contribution in [3.8, 4) is 17.1 Å². The fraction of sp³-hybridized carbons (Fsp3) is 0.0526. The molecule has 0 spiro atoms. The molecule has 1 aliphatic rings. The van der Waals surface area contributed by atoms with Gasteiger partial charge in [-0.05, 0) is 84.8 Å². The van der Waals surface area contributed by atoms with Crippen molar-refractivity contribution < 1.29 is 14.0 Å². The van der Waals surface area contributed by atoms with Gasteiger partial charge in [-0.15, -0.1) is 0 Å². The second kappa shape index (κ2) is 12.9. The van der Waals surface area contributed by atoms with Gasteiger partial charge < -0.3 is 0 Å². The van der Waals surface area contributed by atoms with Gasteiger partial charge in [-0.1, -0.05) is 89.6 Å². The SMILES string of the molecule is Cc1ccc(-c2nc3ccccc3c(=O)n2-c2ccc(C(=O)NN3C(=O)/C(=C/c4cccc(Cl)c4)SC3c3ccc(F)cc3)cc2)cc1. The lowest BCUT2D eigenvalue weighted by atomic mass is 10.1. The number of thioether (sulfide) groups is 1. The molecule has 1 aliphatic heterocycles. The van der Waals surface area contributed by atoms with Crippen LogP contribution in [0.1, 0.15) is 32.4 Å². The summed E-state index contributed by atoms with van der Waals surface area (Å²) in [4.78, 5) is 46.3. The number of benzene rings is 5. The first-order valence-electron chi connectivity index (χ1n) is 15.0. The maximum Gasteiger partial charge on any atom is 0.280 e. The molecule has 1 fully saturated rings. The number of hydrazine groups is 1. The van der Waals surface area contributed by atoms with Crippen molar-refractivity contribution in [1.29, 1.82) is 0 Å². The monoisotopic (exact) mass is 672 g/mol. The van der Waals surface area contributed by atoms with Gasteiger partial charge in [-0.2, -0.15) is 0 Å². The summed E-state index contributed by atoms with van der Waals surface area (Å²) in [6.07, 6.45) is 1.71. The lowest BCUT2D eigenvalue weighted by molar-refractivity contribution is -0.128. The Morgan fingerprint density at radius 2 is 1.62 bits per heavy atom. The highest BCUT2D eigenvalue weighted by atomic mass is 35.5. The van der Waals surface area contributed by atoms with E-state index in [4.69, 9.17) is 16.6 Å². The van der Waals surface area contributed by atoms with Crippen molar-refractivity contribution in [2.45, 2.75) is 12.3 Å². The summed E-state index contributed by atoms with van der Waals surface area (Å²) >= 11 is 7.39. The highest BCUT2D eigenvalue weighted by molar-refractivity contribution is 8.04. The summed E-state index contributed by atoms with van der Waals surface area (Å²) in [6, 6.07) is 34.3. The largest absolute Gasteiger partial charge is 0.280 e. The van der Waals surface area contributed by atoms with E-state index in [0.29, 0.717) is 37.9 Å². The minimum atomic E-state index is -0.647. The molecule has 7 rings (SSSR count). The van der Waals surface area contributed by atoms with E-state index in [0.717, 1.165) is 16.7 Å². The smallest absolute Gasteiger partial charge is 0.268 e. The molecule has 236 valence electrons. The third kappa shape index (κ3) is 6.13. The molecule has 6 aromatic rings.